The summed E-state index contributed by atoms with van der Waals surface area (Å²) in [4.78, 5) is 45.8. The molecule has 2 N–H and O–H groups in total. The Labute approximate surface area is 275 Å². The van der Waals surface area contributed by atoms with Crippen LogP contribution in [0.1, 0.15) is 126 Å². The van der Waals surface area contributed by atoms with E-state index < -0.39 is 17.4 Å². The molecule has 2 unspecified atom stereocenters. The maximum absolute atomic E-state index is 13.9. The number of hydrogen-bond acceptors (Lipinski definition) is 8. The fourth-order valence-electron chi connectivity index (χ4n) is 5.80. The molecule has 2 atom stereocenters. The molecule has 0 spiro atoms. The summed E-state index contributed by atoms with van der Waals surface area (Å²) in [6.45, 7) is 15.4. The number of hydrogen-bond donors (Lipinski definition) is 2. The maximum Gasteiger partial charge on any atom is 0.345 e. The number of aromatic amines is 1. The lowest BCUT2D eigenvalue weighted by Gasteiger charge is -2.31. The van der Waals surface area contributed by atoms with Gasteiger partial charge in [-0.2, -0.15) is 5.11 Å². The molecule has 2 rings (SSSR count). The number of carbonyl (C=O) groups is 2. The Morgan fingerprint density at radius 2 is 1.39 bits per heavy atom. The third-order valence-electron chi connectivity index (χ3n) is 8.55. The fourth-order valence-corrected chi connectivity index (χ4v) is 5.80. The van der Waals surface area contributed by atoms with E-state index in [0.717, 1.165) is 77.3 Å². The summed E-state index contributed by atoms with van der Waals surface area (Å²) in [6.07, 6.45) is 10.4. The maximum atomic E-state index is 13.9. The van der Waals surface area contributed by atoms with Crippen molar-refractivity contribution in [2.24, 2.45) is 22.1 Å². The second kappa shape index (κ2) is 20.4. The molecular formula is C36H57N5O5. The number of ether oxygens (including phenoxy) is 1. The highest BCUT2D eigenvalue weighted by Gasteiger charge is 2.28. The van der Waals surface area contributed by atoms with Crippen LogP contribution < -0.4 is 10.5 Å². The van der Waals surface area contributed by atoms with Crippen molar-refractivity contribution in [3.8, 4) is 5.88 Å². The smallest absolute Gasteiger partial charge is 0.345 e. The van der Waals surface area contributed by atoms with Crippen molar-refractivity contribution in [2.45, 2.75) is 106 Å². The van der Waals surface area contributed by atoms with Crippen molar-refractivity contribution in [1.82, 2.24) is 9.88 Å². The van der Waals surface area contributed by atoms with Crippen LogP contribution in [0, 0.1) is 11.8 Å². The van der Waals surface area contributed by atoms with Crippen LogP contribution >= 0.6 is 0 Å². The summed E-state index contributed by atoms with van der Waals surface area (Å²) < 4.78 is 4.92. The van der Waals surface area contributed by atoms with Crippen LogP contribution in [0.4, 0.5) is 17.1 Å². The lowest BCUT2D eigenvalue weighted by Crippen LogP contribution is -2.39. The van der Waals surface area contributed by atoms with Crippen LogP contribution in [0.15, 0.2) is 39.3 Å². The molecule has 0 aliphatic heterocycles. The number of nitrogens with one attached hydrogen (secondary N) is 1. The van der Waals surface area contributed by atoms with Gasteiger partial charge in [-0.25, -0.2) is 4.79 Å². The average Bonchev–Trinajstić information content (AvgIpc) is 3.06. The summed E-state index contributed by atoms with van der Waals surface area (Å²) in [5.74, 6) is -0.412. The summed E-state index contributed by atoms with van der Waals surface area (Å²) in [7, 11) is 1.22. The van der Waals surface area contributed by atoms with Gasteiger partial charge in [-0.1, -0.05) is 80.1 Å². The quantitative estimate of drug-likeness (QED) is 0.104. The van der Waals surface area contributed by atoms with Gasteiger partial charge < -0.3 is 19.6 Å². The van der Waals surface area contributed by atoms with Crippen molar-refractivity contribution in [3.05, 3.63) is 45.7 Å². The topological polar surface area (TPSA) is 128 Å². The number of amides is 1. The molecule has 0 bridgehead atoms. The van der Waals surface area contributed by atoms with Gasteiger partial charge in [-0.15, -0.1) is 5.11 Å². The minimum atomic E-state index is -0.787. The highest BCUT2D eigenvalue weighted by molar-refractivity contribution is 6.01. The molecule has 46 heavy (non-hydrogen) atoms. The van der Waals surface area contributed by atoms with Crippen molar-refractivity contribution in [3.63, 3.8) is 0 Å². The Morgan fingerprint density at radius 1 is 0.848 bits per heavy atom. The molecule has 0 aliphatic rings. The number of carbonyl (C=O) groups excluding carboxylic acids is 2. The molecule has 10 nitrogen and oxygen atoms in total. The number of benzene rings is 1. The molecule has 0 radical (unpaired) electrons. The number of methoxy groups -OCH3 is 1. The van der Waals surface area contributed by atoms with Crippen LogP contribution in [0.25, 0.3) is 0 Å². The van der Waals surface area contributed by atoms with E-state index in [1.165, 1.54) is 7.11 Å². The lowest BCUT2D eigenvalue weighted by atomic mass is 9.95. The minimum Gasteiger partial charge on any atom is -0.494 e. The van der Waals surface area contributed by atoms with Gasteiger partial charge >= 0.3 is 5.97 Å². The van der Waals surface area contributed by atoms with Crippen molar-refractivity contribution < 1.29 is 19.4 Å². The molecule has 0 saturated carbocycles. The summed E-state index contributed by atoms with van der Waals surface area (Å²) in [5.41, 5.74) is 0.287. The van der Waals surface area contributed by atoms with Crippen LogP contribution in [-0.4, -0.2) is 60.2 Å². The first-order chi connectivity index (χ1) is 22.2. The highest BCUT2D eigenvalue weighted by Crippen LogP contribution is 2.35. The van der Waals surface area contributed by atoms with E-state index in [2.05, 4.69) is 47.8 Å². The third-order valence-corrected chi connectivity index (χ3v) is 8.55. The number of esters is 1. The fraction of sp³-hybridized carbons (Fsp3) is 0.639. The van der Waals surface area contributed by atoms with Gasteiger partial charge in [0.1, 0.15) is 5.56 Å². The molecule has 10 heteroatoms. The van der Waals surface area contributed by atoms with Gasteiger partial charge in [0.2, 0.25) is 5.88 Å². The SMILES string of the molecule is CCCCC(CC)CN(CC(CC)CCCC)C(=O)c1ccc(N=Nc2c(N(CCC)CCC)c(C(=O)OC)c(O)[nH]c2=O)cc1. The Hall–Kier alpha value is -3.69. The van der Waals surface area contributed by atoms with Gasteiger partial charge in [-0.3, -0.25) is 14.6 Å². The number of azo groups is 1. The molecule has 0 aliphatic carbocycles. The number of unbranched alkanes of at least 4 members (excludes halogenated alkanes) is 2. The Kier molecular flexibility index (Phi) is 17.1. The van der Waals surface area contributed by atoms with E-state index in [-0.39, 0.29) is 22.8 Å². The Morgan fingerprint density at radius 3 is 1.85 bits per heavy atom. The van der Waals surface area contributed by atoms with E-state index in [1.54, 1.807) is 24.3 Å². The predicted octanol–water partition coefficient (Wildman–Crippen LogP) is 8.78. The zero-order chi connectivity index (χ0) is 34.1. The van der Waals surface area contributed by atoms with Crippen molar-refractivity contribution in [2.75, 3.05) is 38.2 Å². The highest BCUT2D eigenvalue weighted by atomic mass is 16.5. The molecule has 1 aromatic heterocycles. The van der Waals surface area contributed by atoms with Crippen molar-refractivity contribution >= 4 is 28.9 Å². The first-order valence-corrected chi connectivity index (χ1v) is 17.3. The molecule has 0 saturated heterocycles. The number of aromatic hydroxyl groups is 1. The Bertz CT molecular complexity index is 1280. The largest absolute Gasteiger partial charge is 0.494 e. The standard InChI is InChI=1S/C36H57N5O5/c1-8-14-16-26(12-5)24-41(25-27(13-6)17-15-9-2)35(44)28-18-20-29(21-19-28)38-39-31-32(40(22-10-3)23-11-4)30(36(45)46-7)33(42)37-34(31)43/h18-21,26-27H,8-17,22-25H2,1-7H3,(H2,37,42,43). The third kappa shape index (κ3) is 11.0. The Balaban J connectivity index is 2.46. The van der Waals surface area contributed by atoms with E-state index in [1.807, 2.05) is 18.7 Å². The average molecular weight is 640 g/mol. The van der Waals surface area contributed by atoms with Gasteiger partial charge in [-0.05, 0) is 61.8 Å². The summed E-state index contributed by atoms with van der Waals surface area (Å²) >= 11 is 0. The minimum absolute atomic E-state index is 0.0168. The molecule has 0 fully saturated rings. The first-order valence-electron chi connectivity index (χ1n) is 17.3. The van der Waals surface area contributed by atoms with Crippen molar-refractivity contribution in [1.29, 1.82) is 0 Å². The number of aromatic nitrogens is 1. The van der Waals surface area contributed by atoms with E-state index in [9.17, 15) is 19.5 Å². The number of rotatable bonds is 21. The predicted molar refractivity (Wildman–Crippen MR) is 186 cm³/mol. The van der Waals surface area contributed by atoms with E-state index in [0.29, 0.717) is 36.2 Å². The molecule has 1 aromatic carbocycles. The zero-order valence-corrected chi connectivity index (χ0v) is 29.2. The monoisotopic (exact) mass is 639 g/mol. The molecular weight excluding hydrogens is 582 g/mol. The second-order valence-corrected chi connectivity index (χ2v) is 12.1. The van der Waals surface area contributed by atoms with Crippen LogP contribution in [0.5, 0.6) is 5.88 Å². The summed E-state index contributed by atoms with van der Waals surface area (Å²) in [6, 6.07) is 6.93. The lowest BCUT2D eigenvalue weighted by molar-refractivity contribution is 0.0596. The van der Waals surface area contributed by atoms with E-state index >= 15 is 0 Å². The number of pyridine rings is 1. The van der Waals surface area contributed by atoms with Gasteiger partial charge in [0.25, 0.3) is 11.5 Å². The number of nitrogens with zero attached hydrogens (tertiary/aromatic N) is 4. The first kappa shape index (κ1) is 38.5. The number of anilines is 1. The van der Waals surface area contributed by atoms with E-state index in [4.69, 9.17) is 4.74 Å². The molecule has 256 valence electrons. The molecule has 1 amide bonds. The zero-order valence-electron chi connectivity index (χ0n) is 29.2. The van der Waals surface area contributed by atoms with Gasteiger partial charge in [0, 0.05) is 31.7 Å². The second-order valence-electron chi connectivity index (χ2n) is 12.1. The van der Waals surface area contributed by atoms with Crippen LogP contribution in [-0.2, 0) is 4.74 Å². The van der Waals surface area contributed by atoms with Gasteiger partial charge in [0.05, 0.1) is 18.5 Å². The van der Waals surface area contributed by atoms with Gasteiger partial charge in [0.15, 0.2) is 5.69 Å². The normalized spacial score (nSPS) is 12.7. The van der Waals surface area contributed by atoms with Crippen LogP contribution in [0.2, 0.25) is 0 Å². The van der Waals surface area contributed by atoms with Crippen LogP contribution in [0.3, 0.4) is 0 Å². The molecule has 1 heterocycles. The number of H-pyrrole nitrogens is 1. The summed E-state index contributed by atoms with van der Waals surface area (Å²) in [5, 5.41) is 19.1. The molecule has 2 aromatic rings.